The first kappa shape index (κ1) is 11.8. The van der Waals surface area contributed by atoms with Crippen LogP contribution in [0.5, 0.6) is 0 Å². The zero-order valence-corrected chi connectivity index (χ0v) is 10.3. The zero-order chi connectivity index (χ0) is 12.3. The van der Waals surface area contributed by atoms with Crippen molar-refractivity contribution in [1.29, 1.82) is 5.26 Å². The minimum Gasteiger partial charge on any atom is -0.289 e. The van der Waals surface area contributed by atoms with Crippen molar-refractivity contribution in [3.05, 3.63) is 41.0 Å². The lowest BCUT2D eigenvalue weighted by molar-refractivity contribution is 0.368. The normalized spacial score (nSPS) is 10.7. The standard InChI is InChI=1S/C13H12ClN3/c1-17(6-4-15)9-11-8-12(14)7-10-3-2-5-16-13(10)11/h2-3,5,7-8H,6,9H2,1H3. The Morgan fingerprint density at radius 1 is 1.47 bits per heavy atom. The second-order valence-corrected chi connectivity index (χ2v) is 4.41. The van der Waals surface area contributed by atoms with Crippen LogP contribution in [0.25, 0.3) is 10.9 Å². The second-order valence-electron chi connectivity index (χ2n) is 3.97. The molecule has 0 saturated carbocycles. The van der Waals surface area contributed by atoms with Crippen LogP contribution in [0.4, 0.5) is 0 Å². The Balaban J connectivity index is 2.42. The minimum atomic E-state index is 0.390. The number of halogens is 1. The molecule has 1 aromatic heterocycles. The summed E-state index contributed by atoms with van der Waals surface area (Å²) in [5.41, 5.74) is 1.99. The zero-order valence-electron chi connectivity index (χ0n) is 9.52. The summed E-state index contributed by atoms with van der Waals surface area (Å²) in [6.45, 7) is 1.06. The topological polar surface area (TPSA) is 39.9 Å². The van der Waals surface area contributed by atoms with E-state index in [-0.39, 0.29) is 0 Å². The molecule has 3 nitrogen and oxygen atoms in total. The highest BCUT2D eigenvalue weighted by Gasteiger charge is 2.07. The van der Waals surface area contributed by atoms with Crippen LogP contribution in [0.3, 0.4) is 0 Å². The van der Waals surface area contributed by atoms with E-state index in [1.54, 1.807) is 6.20 Å². The van der Waals surface area contributed by atoms with Gasteiger partial charge in [-0.3, -0.25) is 9.88 Å². The van der Waals surface area contributed by atoms with Crippen molar-refractivity contribution < 1.29 is 0 Å². The predicted molar refractivity (Wildman–Crippen MR) is 68.7 cm³/mol. The summed E-state index contributed by atoms with van der Waals surface area (Å²) in [5.74, 6) is 0. The summed E-state index contributed by atoms with van der Waals surface area (Å²) >= 11 is 6.07. The molecule has 2 rings (SSSR count). The Hall–Kier alpha value is -1.63. The van der Waals surface area contributed by atoms with Crippen LogP contribution in [0.2, 0.25) is 5.02 Å². The highest BCUT2D eigenvalue weighted by atomic mass is 35.5. The molecule has 0 aliphatic rings. The largest absolute Gasteiger partial charge is 0.289 e. The second kappa shape index (κ2) is 5.13. The van der Waals surface area contributed by atoms with Crippen LogP contribution in [0.15, 0.2) is 30.5 Å². The molecule has 0 aliphatic carbocycles. The van der Waals surface area contributed by atoms with Gasteiger partial charge in [-0.05, 0) is 30.8 Å². The molecule has 86 valence electrons. The Morgan fingerprint density at radius 2 is 2.29 bits per heavy atom. The molecule has 0 unspecified atom stereocenters. The van der Waals surface area contributed by atoms with Crippen LogP contribution in [-0.2, 0) is 6.54 Å². The first-order valence-electron chi connectivity index (χ1n) is 5.29. The molecule has 17 heavy (non-hydrogen) atoms. The molecular weight excluding hydrogens is 234 g/mol. The number of hydrogen-bond acceptors (Lipinski definition) is 3. The monoisotopic (exact) mass is 245 g/mol. The van der Waals surface area contributed by atoms with Crippen molar-refractivity contribution in [2.45, 2.75) is 6.54 Å². The van der Waals surface area contributed by atoms with Crippen LogP contribution >= 0.6 is 11.6 Å². The predicted octanol–water partition coefficient (Wildman–Crippen LogP) is 2.84. The Labute approximate surface area is 105 Å². The minimum absolute atomic E-state index is 0.390. The van der Waals surface area contributed by atoms with Crippen LogP contribution in [-0.4, -0.2) is 23.5 Å². The maximum Gasteiger partial charge on any atom is 0.0866 e. The lowest BCUT2D eigenvalue weighted by Gasteiger charge is -2.14. The van der Waals surface area contributed by atoms with Crippen molar-refractivity contribution in [2.24, 2.45) is 0 Å². The molecule has 0 atom stereocenters. The highest BCUT2D eigenvalue weighted by Crippen LogP contribution is 2.23. The van der Waals surface area contributed by atoms with Crippen LogP contribution < -0.4 is 0 Å². The van der Waals surface area contributed by atoms with E-state index >= 15 is 0 Å². The Kier molecular flexibility index (Phi) is 3.58. The number of benzene rings is 1. The average Bonchev–Trinajstić information content (AvgIpc) is 2.29. The molecule has 0 aliphatic heterocycles. The fraction of sp³-hybridized carbons (Fsp3) is 0.231. The molecule has 0 radical (unpaired) electrons. The SMILES string of the molecule is CN(CC#N)Cc1cc(Cl)cc2cccnc12. The molecule has 0 amide bonds. The van der Waals surface area contributed by atoms with Crippen LogP contribution in [0, 0.1) is 11.3 Å². The molecule has 0 N–H and O–H groups in total. The van der Waals surface area contributed by atoms with Gasteiger partial charge in [-0.25, -0.2) is 0 Å². The van der Waals surface area contributed by atoms with Gasteiger partial charge in [0, 0.05) is 23.2 Å². The maximum absolute atomic E-state index is 8.65. The number of pyridine rings is 1. The van der Waals surface area contributed by atoms with Gasteiger partial charge in [-0.15, -0.1) is 0 Å². The van der Waals surface area contributed by atoms with Gasteiger partial charge in [-0.2, -0.15) is 5.26 Å². The van der Waals surface area contributed by atoms with Gasteiger partial charge in [0.15, 0.2) is 0 Å². The highest BCUT2D eigenvalue weighted by molar-refractivity contribution is 6.31. The lowest BCUT2D eigenvalue weighted by atomic mass is 10.1. The Morgan fingerprint density at radius 3 is 3.06 bits per heavy atom. The molecule has 4 heteroatoms. The van der Waals surface area contributed by atoms with E-state index < -0.39 is 0 Å². The van der Waals surface area contributed by atoms with Gasteiger partial charge in [0.05, 0.1) is 18.1 Å². The van der Waals surface area contributed by atoms with E-state index in [0.717, 1.165) is 16.5 Å². The third kappa shape index (κ3) is 2.73. The summed E-state index contributed by atoms with van der Waals surface area (Å²) < 4.78 is 0. The first-order valence-corrected chi connectivity index (χ1v) is 5.67. The fourth-order valence-corrected chi connectivity index (χ4v) is 2.06. The van der Waals surface area contributed by atoms with E-state index in [1.807, 2.05) is 36.2 Å². The summed E-state index contributed by atoms with van der Waals surface area (Å²) in [4.78, 5) is 6.30. The quantitative estimate of drug-likeness (QED) is 0.781. The van der Waals surface area contributed by atoms with E-state index in [2.05, 4.69) is 11.1 Å². The van der Waals surface area contributed by atoms with Gasteiger partial charge >= 0.3 is 0 Å². The first-order chi connectivity index (χ1) is 8.20. The van der Waals surface area contributed by atoms with E-state index in [1.165, 1.54) is 0 Å². The van der Waals surface area contributed by atoms with Crippen molar-refractivity contribution in [3.8, 4) is 6.07 Å². The van der Waals surface area contributed by atoms with Gasteiger partial charge < -0.3 is 0 Å². The van der Waals surface area contributed by atoms with Crippen LogP contribution in [0.1, 0.15) is 5.56 Å². The van der Waals surface area contributed by atoms with Crippen molar-refractivity contribution in [3.63, 3.8) is 0 Å². The molecule has 0 bridgehead atoms. The molecule has 0 fully saturated rings. The molecule has 1 aromatic carbocycles. The third-order valence-corrected chi connectivity index (χ3v) is 2.75. The van der Waals surface area contributed by atoms with Gasteiger partial charge in [-0.1, -0.05) is 17.7 Å². The number of nitrogens with zero attached hydrogens (tertiary/aromatic N) is 3. The number of fused-ring (bicyclic) bond motifs is 1. The van der Waals surface area contributed by atoms with Crippen molar-refractivity contribution in [1.82, 2.24) is 9.88 Å². The summed E-state index contributed by atoms with van der Waals surface area (Å²) in [7, 11) is 1.90. The Bertz CT molecular complexity index is 574. The molecule has 2 aromatic rings. The fourth-order valence-electron chi connectivity index (χ4n) is 1.82. The average molecular weight is 246 g/mol. The molecule has 1 heterocycles. The van der Waals surface area contributed by atoms with E-state index in [9.17, 15) is 0 Å². The summed E-state index contributed by atoms with van der Waals surface area (Å²) in [6, 6.07) is 9.81. The number of nitriles is 1. The molecule has 0 spiro atoms. The number of aromatic nitrogens is 1. The van der Waals surface area contributed by atoms with Gasteiger partial charge in [0.2, 0.25) is 0 Å². The lowest BCUT2D eigenvalue weighted by Crippen LogP contribution is -2.18. The number of hydrogen-bond donors (Lipinski definition) is 0. The van der Waals surface area contributed by atoms with Crippen molar-refractivity contribution >= 4 is 22.5 Å². The third-order valence-electron chi connectivity index (χ3n) is 2.53. The smallest absolute Gasteiger partial charge is 0.0866 e. The van der Waals surface area contributed by atoms with Gasteiger partial charge in [0.25, 0.3) is 0 Å². The summed E-state index contributed by atoms with van der Waals surface area (Å²) in [5, 5.41) is 10.4. The molecule has 0 saturated heterocycles. The van der Waals surface area contributed by atoms with Crippen molar-refractivity contribution in [2.75, 3.05) is 13.6 Å². The van der Waals surface area contributed by atoms with Gasteiger partial charge in [0.1, 0.15) is 0 Å². The van der Waals surface area contributed by atoms with E-state index in [4.69, 9.17) is 16.9 Å². The summed E-state index contributed by atoms with van der Waals surface area (Å²) in [6.07, 6.45) is 1.77. The molecular formula is C13H12ClN3. The maximum atomic E-state index is 8.65. The van der Waals surface area contributed by atoms with E-state index in [0.29, 0.717) is 18.1 Å². The number of rotatable bonds is 3.